The minimum atomic E-state index is -0.836. The zero-order chi connectivity index (χ0) is 16.0. The van der Waals surface area contributed by atoms with Gasteiger partial charge in [-0.25, -0.2) is 0 Å². The van der Waals surface area contributed by atoms with Crippen molar-refractivity contribution in [2.45, 2.75) is 37.5 Å². The maximum atomic E-state index is 12.7. The molecule has 1 aromatic rings. The number of carboxylic acids is 1. The molecular formula is C19H23NO3. The first kappa shape index (κ1) is 14.7. The Balaban J connectivity index is 1.47. The number of likely N-dealkylation sites (tertiary alicyclic amines) is 1. The summed E-state index contributed by atoms with van der Waals surface area (Å²) in [6.45, 7) is 1.13. The molecule has 1 N–H and O–H groups in total. The van der Waals surface area contributed by atoms with Crippen molar-refractivity contribution in [3.63, 3.8) is 0 Å². The first-order chi connectivity index (χ1) is 11.1. The molecule has 1 aliphatic heterocycles. The number of rotatable bonds is 3. The molecule has 0 radical (unpaired) electrons. The molecule has 3 aliphatic rings. The Morgan fingerprint density at radius 3 is 2.22 bits per heavy atom. The Hall–Kier alpha value is -1.84. The third kappa shape index (κ3) is 2.27. The summed E-state index contributed by atoms with van der Waals surface area (Å²) in [7, 11) is 0. The third-order valence-electron chi connectivity index (χ3n) is 6.36. The molecule has 3 fully saturated rings. The lowest BCUT2D eigenvalue weighted by Gasteiger charge is -2.39. The molecule has 4 heteroatoms. The SMILES string of the molecule is O=C(C1C2CCCC21)N1CCC(C(=O)O)(c2ccccc2)CC1. The zero-order valence-corrected chi connectivity index (χ0v) is 13.3. The molecule has 1 aromatic carbocycles. The number of carbonyl (C=O) groups is 2. The van der Waals surface area contributed by atoms with E-state index in [1.54, 1.807) is 0 Å². The molecule has 2 aliphatic carbocycles. The summed E-state index contributed by atoms with van der Waals surface area (Å²) in [6.07, 6.45) is 4.71. The van der Waals surface area contributed by atoms with Gasteiger partial charge in [0.15, 0.2) is 0 Å². The van der Waals surface area contributed by atoms with E-state index in [9.17, 15) is 14.7 Å². The number of benzene rings is 1. The highest BCUT2D eigenvalue weighted by atomic mass is 16.4. The van der Waals surface area contributed by atoms with Gasteiger partial charge < -0.3 is 10.0 Å². The van der Waals surface area contributed by atoms with Crippen LogP contribution in [0.1, 0.15) is 37.7 Å². The first-order valence-electron chi connectivity index (χ1n) is 8.71. The van der Waals surface area contributed by atoms with Crippen LogP contribution in [0.3, 0.4) is 0 Å². The van der Waals surface area contributed by atoms with E-state index >= 15 is 0 Å². The van der Waals surface area contributed by atoms with Crippen LogP contribution in [0.2, 0.25) is 0 Å². The molecule has 2 unspecified atom stereocenters. The second-order valence-corrected chi connectivity index (χ2v) is 7.36. The fourth-order valence-corrected chi connectivity index (χ4v) is 4.89. The van der Waals surface area contributed by atoms with E-state index in [-0.39, 0.29) is 11.8 Å². The minimum absolute atomic E-state index is 0.248. The summed E-state index contributed by atoms with van der Waals surface area (Å²) in [6, 6.07) is 9.49. The number of aliphatic carboxylic acids is 1. The number of hydrogen-bond donors (Lipinski definition) is 1. The summed E-state index contributed by atoms with van der Waals surface area (Å²) in [4.78, 5) is 26.5. The van der Waals surface area contributed by atoms with Crippen LogP contribution in [-0.4, -0.2) is 35.0 Å². The molecular weight excluding hydrogens is 290 g/mol. The highest BCUT2D eigenvalue weighted by Gasteiger charge is 2.58. The standard InChI is InChI=1S/C19H23NO3/c21-17(16-14-7-4-8-15(14)16)20-11-9-19(10-12-20,18(22)23)13-5-2-1-3-6-13/h1-3,5-6,14-16H,4,7-12H2,(H,22,23). The van der Waals surface area contributed by atoms with Gasteiger partial charge in [-0.05, 0) is 43.1 Å². The summed E-state index contributed by atoms with van der Waals surface area (Å²) >= 11 is 0. The Kier molecular flexibility index (Phi) is 3.43. The third-order valence-corrected chi connectivity index (χ3v) is 6.36. The predicted octanol–water partition coefficient (Wildman–Crippen LogP) is 2.68. The highest BCUT2D eigenvalue weighted by molar-refractivity contribution is 5.85. The van der Waals surface area contributed by atoms with Crippen molar-refractivity contribution < 1.29 is 14.7 Å². The van der Waals surface area contributed by atoms with Gasteiger partial charge in [-0.15, -0.1) is 0 Å². The largest absolute Gasteiger partial charge is 0.481 e. The van der Waals surface area contributed by atoms with Gasteiger partial charge in [0.1, 0.15) is 0 Å². The van der Waals surface area contributed by atoms with E-state index in [0.717, 1.165) is 5.56 Å². The quantitative estimate of drug-likeness (QED) is 0.933. The van der Waals surface area contributed by atoms with Crippen LogP contribution in [-0.2, 0) is 15.0 Å². The number of piperidine rings is 1. The van der Waals surface area contributed by atoms with Gasteiger partial charge in [-0.3, -0.25) is 9.59 Å². The van der Waals surface area contributed by atoms with E-state index < -0.39 is 11.4 Å². The van der Waals surface area contributed by atoms with Crippen LogP contribution in [0, 0.1) is 17.8 Å². The number of carboxylic acid groups (broad SMARTS) is 1. The summed E-state index contributed by atoms with van der Waals surface area (Å²) < 4.78 is 0. The van der Waals surface area contributed by atoms with E-state index in [1.807, 2.05) is 35.2 Å². The summed E-state index contributed by atoms with van der Waals surface area (Å²) in [5, 5.41) is 9.82. The summed E-state index contributed by atoms with van der Waals surface area (Å²) in [5.41, 5.74) is 0.0279. The van der Waals surface area contributed by atoms with Crippen LogP contribution in [0.25, 0.3) is 0 Å². The lowest BCUT2D eigenvalue weighted by molar-refractivity contribution is -0.148. The van der Waals surface area contributed by atoms with Gasteiger partial charge in [0.2, 0.25) is 5.91 Å². The highest BCUT2D eigenvalue weighted by Crippen LogP contribution is 2.58. The average molecular weight is 313 g/mol. The van der Waals surface area contributed by atoms with Gasteiger partial charge in [0.25, 0.3) is 0 Å². The predicted molar refractivity (Wildman–Crippen MR) is 85.9 cm³/mol. The molecule has 2 atom stereocenters. The lowest BCUT2D eigenvalue weighted by Crippen LogP contribution is -2.49. The Bertz CT molecular complexity index is 609. The van der Waals surface area contributed by atoms with Crippen molar-refractivity contribution >= 4 is 11.9 Å². The van der Waals surface area contributed by atoms with Crippen LogP contribution in [0.4, 0.5) is 0 Å². The van der Waals surface area contributed by atoms with E-state index in [1.165, 1.54) is 19.3 Å². The van der Waals surface area contributed by atoms with Gasteiger partial charge in [-0.2, -0.15) is 0 Å². The topological polar surface area (TPSA) is 57.6 Å². The number of nitrogens with zero attached hydrogens (tertiary/aromatic N) is 1. The second kappa shape index (κ2) is 5.36. The minimum Gasteiger partial charge on any atom is -0.481 e. The summed E-state index contributed by atoms with van der Waals surface area (Å²) in [5.74, 6) is 1.02. The van der Waals surface area contributed by atoms with Crippen LogP contribution >= 0.6 is 0 Å². The molecule has 0 aromatic heterocycles. The van der Waals surface area contributed by atoms with Crippen molar-refractivity contribution in [2.75, 3.05) is 13.1 Å². The number of fused-ring (bicyclic) bond motifs is 1. The van der Waals surface area contributed by atoms with Crippen molar-refractivity contribution in [1.29, 1.82) is 0 Å². The Morgan fingerprint density at radius 1 is 1.04 bits per heavy atom. The lowest BCUT2D eigenvalue weighted by atomic mass is 9.72. The molecule has 4 nitrogen and oxygen atoms in total. The molecule has 1 saturated heterocycles. The van der Waals surface area contributed by atoms with E-state index in [4.69, 9.17) is 0 Å². The molecule has 0 bridgehead atoms. The van der Waals surface area contributed by atoms with Gasteiger partial charge >= 0.3 is 5.97 Å². The van der Waals surface area contributed by atoms with Crippen LogP contribution < -0.4 is 0 Å². The number of hydrogen-bond acceptors (Lipinski definition) is 2. The average Bonchev–Trinajstić information content (AvgIpc) is 3.06. The number of amides is 1. The molecule has 1 heterocycles. The molecule has 1 amide bonds. The normalized spacial score (nSPS) is 31.5. The monoisotopic (exact) mass is 313 g/mol. The molecule has 122 valence electrons. The van der Waals surface area contributed by atoms with Gasteiger partial charge in [0.05, 0.1) is 5.41 Å². The Morgan fingerprint density at radius 2 is 1.65 bits per heavy atom. The van der Waals surface area contributed by atoms with E-state index in [2.05, 4.69) is 0 Å². The number of carbonyl (C=O) groups excluding carboxylic acids is 1. The van der Waals surface area contributed by atoms with Gasteiger partial charge in [-0.1, -0.05) is 36.8 Å². The first-order valence-corrected chi connectivity index (χ1v) is 8.71. The maximum absolute atomic E-state index is 12.7. The second-order valence-electron chi connectivity index (χ2n) is 7.36. The fraction of sp³-hybridized carbons (Fsp3) is 0.579. The molecule has 0 spiro atoms. The van der Waals surface area contributed by atoms with Crippen LogP contribution in [0.15, 0.2) is 30.3 Å². The van der Waals surface area contributed by atoms with E-state index in [0.29, 0.717) is 37.8 Å². The molecule has 4 rings (SSSR count). The van der Waals surface area contributed by atoms with Gasteiger partial charge in [0, 0.05) is 19.0 Å². The van der Waals surface area contributed by atoms with Crippen molar-refractivity contribution in [1.82, 2.24) is 4.90 Å². The molecule has 2 saturated carbocycles. The van der Waals surface area contributed by atoms with Crippen molar-refractivity contribution in [3.05, 3.63) is 35.9 Å². The maximum Gasteiger partial charge on any atom is 0.314 e. The smallest absolute Gasteiger partial charge is 0.314 e. The zero-order valence-electron chi connectivity index (χ0n) is 13.3. The Labute approximate surface area is 136 Å². The van der Waals surface area contributed by atoms with Crippen LogP contribution in [0.5, 0.6) is 0 Å². The van der Waals surface area contributed by atoms with Crippen molar-refractivity contribution in [3.8, 4) is 0 Å². The fourth-order valence-electron chi connectivity index (χ4n) is 4.89. The molecule has 23 heavy (non-hydrogen) atoms. The van der Waals surface area contributed by atoms with Crippen molar-refractivity contribution in [2.24, 2.45) is 17.8 Å².